The number of carbonyl (C=O) groups is 2. The molecule has 0 saturated carbocycles. The van der Waals surface area contributed by atoms with E-state index in [9.17, 15) is 22.4 Å². The number of carbonyl (C=O) groups excluding carboxylic acids is 2. The molecular formula is C18H18BrFN2O5S. The number of anilines is 1. The molecule has 28 heavy (non-hydrogen) atoms. The molecule has 7 nitrogen and oxygen atoms in total. The highest BCUT2D eigenvalue weighted by atomic mass is 79.9. The number of rotatable bonds is 7. The van der Waals surface area contributed by atoms with E-state index in [-0.39, 0.29) is 22.2 Å². The number of esters is 1. The molecule has 0 radical (unpaired) electrons. The molecule has 0 atom stereocenters. The van der Waals surface area contributed by atoms with Gasteiger partial charge in [-0.15, -0.1) is 0 Å². The number of halogens is 2. The predicted molar refractivity (Wildman–Crippen MR) is 105 cm³/mol. The van der Waals surface area contributed by atoms with Gasteiger partial charge in [0.2, 0.25) is 10.0 Å². The fraction of sp³-hybridized carbons (Fsp3) is 0.222. The van der Waals surface area contributed by atoms with E-state index in [0.717, 1.165) is 6.07 Å². The second-order valence-corrected chi connectivity index (χ2v) is 8.59. The Hall–Kier alpha value is -2.30. The van der Waals surface area contributed by atoms with E-state index in [0.29, 0.717) is 4.47 Å². The summed E-state index contributed by atoms with van der Waals surface area (Å²) in [6.45, 7) is 2.67. The summed E-state index contributed by atoms with van der Waals surface area (Å²) in [4.78, 5) is 24.0. The van der Waals surface area contributed by atoms with Gasteiger partial charge in [0.25, 0.3) is 5.91 Å². The van der Waals surface area contributed by atoms with Crippen molar-refractivity contribution in [2.75, 3.05) is 11.9 Å². The normalized spacial score (nSPS) is 11.3. The Balaban J connectivity index is 2.09. The van der Waals surface area contributed by atoms with E-state index in [1.54, 1.807) is 19.9 Å². The van der Waals surface area contributed by atoms with Crippen LogP contribution in [0.1, 0.15) is 24.2 Å². The predicted octanol–water partition coefficient (Wildman–Crippen LogP) is 3.07. The van der Waals surface area contributed by atoms with Crippen LogP contribution >= 0.6 is 15.9 Å². The average Bonchev–Trinajstić information content (AvgIpc) is 2.60. The molecule has 0 aromatic heterocycles. The molecule has 0 bridgehead atoms. The van der Waals surface area contributed by atoms with Crippen LogP contribution in [0, 0.1) is 5.82 Å². The van der Waals surface area contributed by atoms with Crippen LogP contribution in [-0.2, 0) is 19.6 Å². The largest absolute Gasteiger partial charge is 0.452 e. The van der Waals surface area contributed by atoms with Crippen molar-refractivity contribution < 1.29 is 27.1 Å². The molecular weight excluding hydrogens is 455 g/mol. The first-order valence-corrected chi connectivity index (χ1v) is 10.4. The maximum absolute atomic E-state index is 13.5. The fourth-order valence-corrected chi connectivity index (χ4v) is 3.85. The molecule has 2 aromatic rings. The summed E-state index contributed by atoms with van der Waals surface area (Å²) in [5.74, 6) is -2.27. The third-order valence-corrected chi connectivity index (χ3v) is 5.69. The number of amides is 1. The first-order chi connectivity index (χ1) is 13.1. The van der Waals surface area contributed by atoms with Crippen LogP contribution in [0.4, 0.5) is 10.1 Å². The Morgan fingerprint density at radius 3 is 2.50 bits per heavy atom. The van der Waals surface area contributed by atoms with Gasteiger partial charge < -0.3 is 10.1 Å². The molecule has 0 aliphatic rings. The summed E-state index contributed by atoms with van der Waals surface area (Å²) < 4.78 is 45.6. The van der Waals surface area contributed by atoms with Crippen LogP contribution < -0.4 is 10.0 Å². The minimum atomic E-state index is -3.81. The van der Waals surface area contributed by atoms with Gasteiger partial charge in [-0.25, -0.2) is 22.3 Å². The second kappa shape index (κ2) is 9.26. The molecule has 0 fully saturated rings. The topological polar surface area (TPSA) is 102 Å². The van der Waals surface area contributed by atoms with E-state index >= 15 is 0 Å². The number of nitrogens with one attached hydrogen (secondary N) is 2. The number of ether oxygens (including phenoxy) is 1. The van der Waals surface area contributed by atoms with E-state index in [4.69, 9.17) is 4.74 Å². The molecule has 0 spiro atoms. The lowest BCUT2D eigenvalue weighted by Gasteiger charge is -2.12. The maximum atomic E-state index is 13.5. The summed E-state index contributed by atoms with van der Waals surface area (Å²) in [5.41, 5.74) is -0.108. The highest BCUT2D eigenvalue weighted by Gasteiger charge is 2.21. The molecule has 1 amide bonds. The van der Waals surface area contributed by atoms with Gasteiger partial charge in [-0.2, -0.15) is 0 Å². The van der Waals surface area contributed by atoms with Gasteiger partial charge >= 0.3 is 5.97 Å². The van der Waals surface area contributed by atoms with E-state index in [1.807, 2.05) is 0 Å². The summed E-state index contributed by atoms with van der Waals surface area (Å²) in [5, 5.41) is 2.28. The fourth-order valence-electron chi connectivity index (χ4n) is 2.16. The SMILES string of the molecule is CC(C)NS(=O)(=O)c1ccc(Br)c(C(=O)OCC(=O)Nc2ccccc2F)c1. The minimum Gasteiger partial charge on any atom is -0.452 e. The number of para-hydroxylation sites is 1. The lowest BCUT2D eigenvalue weighted by Crippen LogP contribution is -2.30. The standard InChI is InChI=1S/C18H18BrFN2O5S/c1-11(2)22-28(25,26)12-7-8-14(19)13(9-12)18(24)27-10-17(23)21-16-6-4-3-5-15(16)20/h3-9,11,22H,10H2,1-2H3,(H,21,23). The number of hydrogen-bond acceptors (Lipinski definition) is 5. The van der Waals surface area contributed by atoms with Crippen LogP contribution in [0.25, 0.3) is 0 Å². The highest BCUT2D eigenvalue weighted by Crippen LogP contribution is 2.22. The molecule has 0 aliphatic carbocycles. The summed E-state index contributed by atoms with van der Waals surface area (Å²) in [6, 6.07) is 9.09. The Morgan fingerprint density at radius 2 is 1.86 bits per heavy atom. The van der Waals surface area contributed by atoms with Gasteiger partial charge in [0, 0.05) is 10.5 Å². The van der Waals surface area contributed by atoms with Crippen LogP contribution in [0.3, 0.4) is 0 Å². The summed E-state index contributed by atoms with van der Waals surface area (Å²) >= 11 is 3.15. The monoisotopic (exact) mass is 472 g/mol. The van der Waals surface area contributed by atoms with E-state index in [2.05, 4.69) is 26.0 Å². The van der Waals surface area contributed by atoms with Crippen molar-refractivity contribution in [2.24, 2.45) is 0 Å². The minimum absolute atomic E-state index is 0.0439. The van der Waals surface area contributed by atoms with Crippen LogP contribution in [-0.4, -0.2) is 32.9 Å². The maximum Gasteiger partial charge on any atom is 0.339 e. The van der Waals surface area contributed by atoms with E-state index < -0.39 is 34.3 Å². The van der Waals surface area contributed by atoms with Crippen molar-refractivity contribution in [3.05, 3.63) is 58.3 Å². The van der Waals surface area contributed by atoms with Crippen molar-refractivity contribution in [2.45, 2.75) is 24.8 Å². The van der Waals surface area contributed by atoms with Crippen LogP contribution in [0.2, 0.25) is 0 Å². The molecule has 0 aliphatic heterocycles. The van der Waals surface area contributed by atoms with Crippen molar-refractivity contribution in [1.29, 1.82) is 0 Å². The molecule has 0 heterocycles. The van der Waals surface area contributed by atoms with Crippen molar-refractivity contribution in [1.82, 2.24) is 4.72 Å². The zero-order valence-corrected chi connectivity index (χ0v) is 17.4. The first kappa shape index (κ1) is 22.0. The first-order valence-electron chi connectivity index (χ1n) is 8.13. The molecule has 0 saturated heterocycles. The van der Waals surface area contributed by atoms with Crippen molar-refractivity contribution in [3.63, 3.8) is 0 Å². The molecule has 10 heteroatoms. The lowest BCUT2D eigenvalue weighted by atomic mass is 10.2. The Labute approximate surface area is 170 Å². The number of sulfonamides is 1. The van der Waals surface area contributed by atoms with Gasteiger partial charge in [0.15, 0.2) is 6.61 Å². The lowest BCUT2D eigenvalue weighted by molar-refractivity contribution is -0.119. The van der Waals surface area contributed by atoms with Gasteiger partial charge in [0.1, 0.15) is 5.82 Å². The molecule has 2 N–H and O–H groups in total. The van der Waals surface area contributed by atoms with Crippen LogP contribution in [0.15, 0.2) is 51.8 Å². The third-order valence-electron chi connectivity index (χ3n) is 3.34. The quantitative estimate of drug-likeness (QED) is 0.602. The smallest absolute Gasteiger partial charge is 0.339 e. The third kappa shape index (κ3) is 5.85. The van der Waals surface area contributed by atoms with Crippen molar-refractivity contribution in [3.8, 4) is 0 Å². The molecule has 0 unspecified atom stereocenters. The van der Waals surface area contributed by atoms with Gasteiger partial charge in [-0.05, 0) is 60.1 Å². The number of hydrogen-bond donors (Lipinski definition) is 2. The molecule has 150 valence electrons. The highest BCUT2D eigenvalue weighted by molar-refractivity contribution is 9.10. The summed E-state index contributed by atoms with van der Waals surface area (Å²) in [6.07, 6.45) is 0. The zero-order chi connectivity index (χ0) is 20.9. The van der Waals surface area contributed by atoms with Gasteiger partial charge in [-0.1, -0.05) is 12.1 Å². The Kier molecular flexibility index (Phi) is 7.28. The second-order valence-electron chi connectivity index (χ2n) is 6.02. The van der Waals surface area contributed by atoms with Crippen molar-refractivity contribution >= 4 is 43.5 Å². The Bertz CT molecular complexity index is 995. The van der Waals surface area contributed by atoms with Crippen LogP contribution in [0.5, 0.6) is 0 Å². The average molecular weight is 473 g/mol. The number of benzene rings is 2. The summed E-state index contributed by atoms with van der Waals surface area (Å²) in [7, 11) is -3.81. The Morgan fingerprint density at radius 1 is 1.18 bits per heavy atom. The van der Waals surface area contributed by atoms with Gasteiger partial charge in [0.05, 0.1) is 16.1 Å². The zero-order valence-electron chi connectivity index (χ0n) is 15.0. The molecule has 2 rings (SSSR count). The molecule has 2 aromatic carbocycles. The van der Waals surface area contributed by atoms with E-state index in [1.165, 1.54) is 30.3 Å². The van der Waals surface area contributed by atoms with Gasteiger partial charge in [-0.3, -0.25) is 4.79 Å².